The van der Waals surface area contributed by atoms with E-state index in [9.17, 15) is 4.79 Å². The van der Waals surface area contributed by atoms with E-state index in [2.05, 4.69) is 10.2 Å². The van der Waals surface area contributed by atoms with Gasteiger partial charge in [-0.05, 0) is 44.0 Å². The lowest BCUT2D eigenvalue weighted by atomic mass is 10.1. The lowest BCUT2D eigenvalue weighted by Gasteiger charge is -2.17. The zero-order chi connectivity index (χ0) is 31.9. The number of nitrogens with zero attached hydrogens (tertiary/aromatic N) is 2. The SMILES string of the molecule is COc1cc(OC)c2c(=O)c(OCCCCSc3nnc(-c4ccc(C)cc4)o3)c(-c3cc(OC)c(OC)c(OC)c3)oc2c1. The molecule has 0 atom stereocenters. The summed E-state index contributed by atoms with van der Waals surface area (Å²) in [6.07, 6.45) is 1.42. The molecule has 0 bridgehead atoms. The first kappa shape index (κ1) is 31.6. The molecule has 0 aliphatic carbocycles. The zero-order valence-electron chi connectivity index (χ0n) is 25.9. The third-order valence-electron chi connectivity index (χ3n) is 6.99. The molecule has 0 unspecified atom stereocenters. The molecule has 11 nitrogen and oxygen atoms in total. The minimum absolute atomic E-state index is 0.0348. The predicted octanol–water partition coefficient (Wildman–Crippen LogP) is 6.81. The maximum absolute atomic E-state index is 14.0. The fourth-order valence-electron chi connectivity index (χ4n) is 4.67. The van der Waals surface area contributed by atoms with E-state index in [1.54, 1.807) is 24.3 Å². The van der Waals surface area contributed by atoms with Gasteiger partial charge in [-0.1, -0.05) is 29.5 Å². The first-order chi connectivity index (χ1) is 21.9. The molecular formula is C33H34N2O9S. The van der Waals surface area contributed by atoms with Crippen molar-refractivity contribution >= 4 is 22.7 Å². The van der Waals surface area contributed by atoms with Gasteiger partial charge in [0.25, 0.3) is 5.22 Å². The molecule has 0 amide bonds. The van der Waals surface area contributed by atoms with Crippen molar-refractivity contribution in [2.45, 2.75) is 25.0 Å². The summed E-state index contributed by atoms with van der Waals surface area (Å²) in [6.45, 7) is 2.28. The fraction of sp³-hybridized carbons (Fsp3) is 0.303. The van der Waals surface area contributed by atoms with Crippen LogP contribution in [0.2, 0.25) is 0 Å². The summed E-state index contributed by atoms with van der Waals surface area (Å²) in [7, 11) is 7.55. The minimum atomic E-state index is -0.386. The normalized spacial score (nSPS) is 11.0. The van der Waals surface area contributed by atoms with Crippen LogP contribution in [0.5, 0.6) is 34.5 Å². The van der Waals surface area contributed by atoms with Crippen LogP contribution in [0.1, 0.15) is 18.4 Å². The van der Waals surface area contributed by atoms with Gasteiger partial charge in [0.1, 0.15) is 22.5 Å². The van der Waals surface area contributed by atoms with Crippen LogP contribution in [-0.4, -0.2) is 58.1 Å². The van der Waals surface area contributed by atoms with Crippen LogP contribution in [-0.2, 0) is 0 Å². The predicted molar refractivity (Wildman–Crippen MR) is 171 cm³/mol. The van der Waals surface area contributed by atoms with Gasteiger partial charge in [-0.25, -0.2) is 0 Å². The number of benzene rings is 3. The second-order valence-electron chi connectivity index (χ2n) is 9.85. The highest BCUT2D eigenvalue weighted by atomic mass is 32.2. The molecule has 0 radical (unpaired) electrons. The Hall–Kier alpha value is -4.84. The first-order valence-corrected chi connectivity index (χ1v) is 15.1. The maximum atomic E-state index is 14.0. The van der Waals surface area contributed by atoms with Crippen molar-refractivity contribution in [2.75, 3.05) is 47.9 Å². The quantitative estimate of drug-likeness (QED) is 0.0941. The summed E-state index contributed by atoms with van der Waals surface area (Å²) in [4.78, 5) is 14.0. The van der Waals surface area contributed by atoms with Crippen molar-refractivity contribution in [1.29, 1.82) is 0 Å². The van der Waals surface area contributed by atoms with Crippen LogP contribution in [0.25, 0.3) is 33.7 Å². The van der Waals surface area contributed by atoms with Gasteiger partial charge in [0.2, 0.25) is 22.8 Å². The lowest BCUT2D eigenvalue weighted by molar-refractivity contribution is 0.301. The van der Waals surface area contributed by atoms with E-state index in [0.29, 0.717) is 51.8 Å². The molecule has 5 aromatic rings. The highest BCUT2D eigenvalue weighted by Crippen LogP contribution is 2.44. The molecule has 5 rings (SSSR count). The summed E-state index contributed by atoms with van der Waals surface area (Å²) in [5.41, 5.74) is 2.42. The van der Waals surface area contributed by atoms with Crippen LogP contribution in [0.15, 0.2) is 67.4 Å². The molecule has 0 N–H and O–H groups in total. The average molecular weight is 635 g/mol. The molecule has 2 aromatic heterocycles. The van der Waals surface area contributed by atoms with Crippen molar-refractivity contribution in [3.63, 3.8) is 0 Å². The second kappa shape index (κ2) is 14.3. The van der Waals surface area contributed by atoms with Crippen molar-refractivity contribution in [3.05, 3.63) is 64.3 Å². The van der Waals surface area contributed by atoms with Gasteiger partial charge in [0.05, 0.1) is 42.2 Å². The van der Waals surface area contributed by atoms with Crippen molar-refractivity contribution < 1.29 is 37.3 Å². The number of hydrogen-bond donors (Lipinski definition) is 0. The van der Waals surface area contributed by atoms with Gasteiger partial charge in [-0.15, -0.1) is 10.2 Å². The summed E-state index contributed by atoms with van der Waals surface area (Å²) in [5, 5.41) is 9.03. The molecule has 2 heterocycles. The first-order valence-electron chi connectivity index (χ1n) is 14.1. The topological polar surface area (TPSA) is 125 Å². The average Bonchev–Trinajstić information content (AvgIpc) is 3.54. The molecule has 0 fully saturated rings. The van der Waals surface area contributed by atoms with Crippen LogP contribution in [0.3, 0.4) is 0 Å². The smallest absolute Gasteiger partial charge is 0.276 e. The van der Waals surface area contributed by atoms with Crippen LogP contribution in [0, 0.1) is 6.92 Å². The van der Waals surface area contributed by atoms with E-state index in [1.165, 1.54) is 47.3 Å². The minimum Gasteiger partial charge on any atom is -0.496 e. The van der Waals surface area contributed by atoms with Gasteiger partial charge in [-0.2, -0.15) is 0 Å². The summed E-state index contributed by atoms with van der Waals surface area (Å²) in [5.74, 6) is 3.41. The third kappa shape index (κ3) is 6.80. The Kier molecular flexibility index (Phi) is 10.0. The Morgan fingerprint density at radius 2 is 1.44 bits per heavy atom. The molecule has 0 saturated carbocycles. The molecule has 0 aliphatic heterocycles. The number of rotatable bonds is 14. The van der Waals surface area contributed by atoms with Crippen molar-refractivity contribution in [2.24, 2.45) is 0 Å². The summed E-state index contributed by atoms with van der Waals surface area (Å²) in [6, 6.07) is 14.6. The number of fused-ring (bicyclic) bond motifs is 1. The standard InChI is InChI=1S/C33H34N2O9S/c1-19-9-11-20(12-10-19)32-34-35-33(44-32)45-14-8-7-13-42-31-28(36)27-23(38-3)17-22(37-2)18-24(27)43-29(31)21-15-25(39-4)30(41-6)26(16-21)40-5/h9-12,15-18H,7-8,13-14H2,1-6H3. The number of aryl methyl sites for hydroxylation is 1. The third-order valence-corrected chi connectivity index (χ3v) is 7.89. The van der Waals surface area contributed by atoms with Gasteiger partial charge >= 0.3 is 0 Å². The number of unbranched alkanes of at least 4 members (excludes halogenated alkanes) is 1. The second-order valence-corrected chi connectivity index (χ2v) is 10.9. The molecular weight excluding hydrogens is 600 g/mol. The Labute approximate surface area is 264 Å². The van der Waals surface area contributed by atoms with Crippen LogP contribution in [0.4, 0.5) is 0 Å². The molecule has 12 heteroatoms. The van der Waals surface area contributed by atoms with E-state index in [0.717, 1.165) is 23.3 Å². The van der Waals surface area contributed by atoms with E-state index in [1.807, 2.05) is 31.2 Å². The van der Waals surface area contributed by atoms with Gasteiger partial charge in [0.15, 0.2) is 17.3 Å². The van der Waals surface area contributed by atoms with Gasteiger partial charge in [-0.3, -0.25) is 4.79 Å². The van der Waals surface area contributed by atoms with Crippen LogP contribution < -0.4 is 33.8 Å². The van der Waals surface area contributed by atoms with Crippen molar-refractivity contribution in [1.82, 2.24) is 10.2 Å². The summed E-state index contributed by atoms with van der Waals surface area (Å²) < 4.78 is 45.7. The van der Waals surface area contributed by atoms with E-state index >= 15 is 0 Å². The Morgan fingerprint density at radius 3 is 2.09 bits per heavy atom. The lowest BCUT2D eigenvalue weighted by Crippen LogP contribution is -2.12. The highest BCUT2D eigenvalue weighted by molar-refractivity contribution is 7.99. The van der Waals surface area contributed by atoms with Crippen molar-refractivity contribution in [3.8, 4) is 57.3 Å². The molecule has 0 aliphatic rings. The van der Waals surface area contributed by atoms with Gasteiger partial charge in [0, 0.05) is 29.0 Å². The largest absolute Gasteiger partial charge is 0.496 e. The number of hydrogen-bond acceptors (Lipinski definition) is 12. The fourth-order valence-corrected chi connectivity index (χ4v) is 5.43. The molecule has 3 aromatic carbocycles. The number of ether oxygens (including phenoxy) is 6. The number of thioether (sulfide) groups is 1. The summed E-state index contributed by atoms with van der Waals surface area (Å²) >= 11 is 1.47. The Bertz CT molecular complexity index is 1810. The number of methoxy groups -OCH3 is 5. The van der Waals surface area contributed by atoms with E-state index in [-0.39, 0.29) is 34.5 Å². The molecule has 0 saturated heterocycles. The van der Waals surface area contributed by atoms with E-state index in [4.69, 9.17) is 37.3 Å². The monoisotopic (exact) mass is 634 g/mol. The Balaban J connectivity index is 1.37. The number of aromatic nitrogens is 2. The molecule has 236 valence electrons. The maximum Gasteiger partial charge on any atom is 0.276 e. The zero-order valence-corrected chi connectivity index (χ0v) is 26.7. The van der Waals surface area contributed by atoms with E-state index < -0.39 is 0 Å². The highest BCUT2D eigenvalue weighted by Gasteiger charge is 2.24. The van der Waals surface area contributed by atoms with Crippen LogP contribution >= 0.6 is 11.8 Å². The Morgan fingerprint density at radius 1 is 0.733 bits per heavy atom. The molecule has 0 spiro atoms. The van der Waals surface area contributed by atoms with Gasteiger partial charge < -0.3 is 37.3 Å². The molecule has 45 heavy (non-hydrogen) atoms.